The van der Waals surface area contributed by atoms with Crippen molar-refractivity contribution in [3.05, 3.63) is 40.4 Å². The summed E-state index contributed by atoms with van der Waals surface area (Å²) in [5, 5.41) is 12.7. The fourth-order valence-corrected chi connectivity index (χ4v) is 3.18. The van der Waals surface area contributed by atoms with Gasteiger partial charge < -0.3 is 15.2 Å². The lowest BCUT2D eigenvalue weighted by Gasteiger charge is -2.21. The van der Waals surface area contributed by atoms with Gasteiger partial charge in [-0.2, -0.15) is 0 Å². The van der Waals surface area contributed by atoms with Crippen LogP contribution in [0.3, 0.4) is 0 Å². The Morgan fingerprint density at radius 2 is 1.81 bits per heavy atom. The van der Waals surface area contributed by atoms with E-state index in [9.17, 15) is 14.7 Å². The Bertz CT molecular complexity index is 646. The van der Waals surface area contributed by atoms with Crippen LogP contribution in [0.4, 0.5) is 5.69 Å². The second-order valence-corrected chi connectivity index (χ2v) is 5.80. The minimum Gasteiger partial charge on any atom is -0.481 e. The molecule has 7 heteroatoms. The van der Waals surface area contributed by atoms with Crippen molar-refractivity contribution >= 4 is 40.8 Å². The fraction of sp³-hybridized carbons (Fsp3) is 0.286. The zero-order chi connectivity index (χ0) is 15.1. The number of benzene rings is 1. The second kappa shape index (κ2) is 5.33. The minimum absolute atomic E-state index is 0.294. The number of carboxylic acids is 1. The molecule has 2 heterocycles. The van der Waals surface area contributed by atoms with Crippen molar-refractivity contribution in [2.75, 3.05) is 5.32 Å². The number of ether oxygens (including phenoxy) is 1. The van der Waals surface area contributed by atoms with Crippen LogP contribution in [-0.2, 0) is 14.3 Å². The van der Waals surface area contributed by atoms with Crippen LogP contribution in [-0.4, -0.2) is 29.2 Å². The minimum atomic E-state index is -1.05. The van der Waals surface area contributed by atoms with E-state index >= 15 is 0 Å². The van der Waals surface area contributed by atoms with Crippen LogP contribution >= 0.6 is 23.2 Å². The van der Waals surface area contributed by atoms with E-state index in [2.05, 4.69) is 5.32 Å². The molecule has 0 saturated carbocycles. The summed E-state index contributed by atoms with van der Waals surface area (Å²) < 4.78 is 5.46. The molecular formula is C14H11Cl2NO4. The van der Waals surface area contributed by atoms with E-state index in [1.165, 1.54) is 6.07 Å². The molecule has 0 radical (unpaired) electrons. The van der Waals surface area contributed by atoms with Gasteiger partial charge >= 0.3 is 5.97 Å². The van der Waals surface area contributed by atoms with Gasteiger partial charge in [0.15, 0.2) is 0 Å². The third-order valence-corrected chi connectivity index (χ3v) is 4.22. The molecule has 1 aromatic carbocycles. The Hall–Kier alpha value is -1.56. The summed E-state index contributed by atoms with van der Waals surface area (Å²) in [6.07, 6.45) is 2.34. The van der Waals surface area contributed by atoms with Crippen molar-refractivity contribution in [3.63, 3.8) is 0 Å². The maximum atomic E-state index is 12.4. The molecule has 21 heavy (non-hydrogen) atoms. The predicted molar refractivity (Wildman–Crippen MR) is 77.5 cm³/mol. The van der Waals surface area contributed by atoms with E-state index in [0.717, 1.165) is 0 Å². The van der Waals surface area contributed by atoms with E-state index in [1.54, 1.807) is 24.3 Å². The van der Waals surface area contributed by atoms with Crippen molar-refractivity contribution in [1.29, 1.82) is 0 Å². The van der Waals surface area contributed by atoms with E-state index in [-0.39, 0.29) is 0 Å². The molecule has 3 rings (SSSR count). The van der Waals surface area contributed by atoms with Gasteiger partial charge in [0, 0.05) is 5.02 Å². The molecule has 110 valence electrons. The molecule has 0 unspecified atom stereocenters. The van der Waals surface area contributed by atoms with Gasteiger partial charge in [0.1, 0.15) is 5.92 Å². The Labute approximate surface area is 130 Å². The van der Waals surface area contributed by atoms with Gasteiger partial charge in [0.05, 0.1) is 28.8 Å². The number of hydrogen-bond donors (Lipinski definition) is 2. The van der Waals surface area contributed by atoms with Crippen LogP contribution in [0.5, 0.6) is 0 Å². The molecule has 1 aromatic rings. The number of rotatable bonds is 3. The topological polar surface area (TPSA) is 75.6 Å². The van der Waals surface area contributed by atoms with Crippen molar-refractivity contribution < 1.29 is 19.4 Å². The molecule has 2 bridgehead atoms. The highest BCUT2D eigenvalue weighted by Gasteiger charge is 2.53. The van der Waals surface area contributed by atoms with E-state index in [0.29, 0.717) is 15.7 Å². The fourth-order valence-electron chi connectivity index (χ4n) is 2.72. The Kier molecular flexibility index (Phi) is 3.65. The lowest BCUT2D eigenvalue weighted by Crippen LogP contribution is -2.39. The highest BCUT2D eigenvalue weighted by molar-refractivity contribution is 6.36. The van der Waals surface area contributed by atoms with Crippen LogP contribution in [0.1, 0.15) is 0 Å². The summed E-state index contributed by atoms with van der Waals surface area (Å²) in [5.74, 6) is -3.13. The van der Waals surface area contributed by atoms with Crippen molar-refractivity contribution in [1.82, 2.24) is 0 Å². The number of hydrogen-bond acceptors (Lipinski definition) is 3. The predicted octanol–water partition coefficient (Wildman–Crippen LogP) is 2.59. The summed E-state index contributed by atoms with van der Waals surface area (Å²) in [6.45, 7) is 0. The quantitative estimate of drug-likeness (QED) is 0.836. The van der Waals surface area contributed by atoms with Crippen LogP contribution in [0.25, 0.3) is 0 Å². The molecule has 0 aromatic heterocycles. The summed E-state index contributed by atoms with van der Waals surface area (Å²) in [5.41, 5.74) is 0.391. The zero-order valence-corrected chi connectivity index (χ0v) is 12.1. The van der Waals surface area contributed by atoms with Crippen molar-refractivity contribution in [3.8, 4) is 0 Å². The number of fused-ring (bicyclic) bond motifs is 2. The first-order valence-electron chi connectivity index (χ1n) is 6.30. The second-order valence-electron chi connectivity index (χ2n) is 4.95. The molecule has 1 saturated heterocycles. The first-order chi connectivity index (χ1) is 9.97. The normalized spacial score (nSPS) is 29.6. The van der Waals surface area contributed by atoms with E-state index in [1.807, 2.05) is 0 Å². The summed E-state index contributed by atoms with van der Waals surface area (Å²) in [4.78, 5) is 23.7. The number of anilines is 1. The molecule has 2 aliphatic heterocycles. The zero-order valence-electron chi connectivity index (χ0n) is 10.6. The Morgan fingerprint density at radius 3 is 2.43 bits per heavy atom. The molecule has 5 nitrogen and oxygen atoms in total. The van der Waals surface area contributed by atoms with Crippen LogP contribution in [0.15, 0.2) is 30.4 Å². The Morgan fingerprint density at radius 1 is 1.14 bits per heavy atom. The maximum absolute atomic E-state index is 12.4. The van der Waals surface area contributed by atoms with Crippen molar-refractivity contribution in [2.24, 2.45) is 11.8 Å². The molecule has 2 N–H and O–H groups in total. The molecule has 4 atom stereocenters. The lowest BCUT2D eigenvalue weighted by atomic mass is 9.82. The highest BCUT2D eigenvalue weighted by Crippen LogP contribution is 2.40. The molecule has 1 amide bonds. The van der Waals surface area contributed by atoms with Gasteiger partial charge in [-0.25, -0.2) is 0 Å². The average Bonchev–Trinajstić information content (AvgIpc) is 3.02. The van der Waals surface area contributed by atoms with Gasteiger partial charge in [0.25, 0.3) is 0 Å². The van der Waals surface area contributed by atoms with Gasteiger partial charge in [-0.1, -0.05) is 35.4 Å². The molecular weight excluding hydrogens is 317 g/mol. The number of carbonyl (C=O) groups is 2. The van der Waals surface area contributed by atoms with Gasteiger partial charge in [-0.3, -0.25) is 9.59 Å². The van der Waals surface area contributed by atoms with E-state index < -0.39 is 35.9 Å². The number of carbonyl (C=O) groups excluding carboxylic acids is 1. The van der Waals surface area contributed by atoms with Crippen LogP contribution in [0.2, 0.25) is 10.0 Å². The van der Waals surface area contributed by atoms with Gasteiger partial charge in [0.2, 0.25) is 5.91 Å². The number of nitrogens with one attached hydrogen (secondary N) is 1. The smallest absolute Gasteiger partial charge is 0.310 e. The third-order valence-electron chi connectivity index (χ3n) is 3.68. The number of amides is 1. The van der Waals surface area contributed by atoms with Gasteiger partial charge in [-0.05, 0) is 18.2 Å². The molecule has 2 aliphatic rings. The highest BCUT2D eigenvalue weighted by atomic mass is 35.5. The van der Waals surface area contributed by atoms with Crippen LogP contribution in [0, 0.1) is 11.8 Å². The molecule has 0 aliphatic carbocycles. The SMILES string of the molecule is O=C(O)[C@@H]1[C@H](C(=O)Nc2ccc(Cl)cc2Cl)[C@H]2C=C[C@@H]1O2. The maximum Gasteiger partial charge on any atom is 0.310 e. The van der Waals surface area contributed by atoms with Crippen molar-refractivity contribution in [2.45, 2.75) is 12.2 Å². The summed E-state index contributed by atoms with van der Waals surface area (Å²) in [6, 6.07) is 4.67. The number of aliphatic carboxylic acids is 1. The summed E-state index contributed by atoms with van der Waals surface area (Å²) in [7, 11) is 0. The standard InChI is InChI=1S/C14H11Cl2NO4/c15-6-1-2-8(7(16)5-6)17-13(18)11-9-3-4-10(21-9)12(11)14(19)20/h1-5,9-12H,(H,17,18)(H,19,20)/t9-,10+,11-,12+/m1/s1. The van der Waals surface area contributed by atoms with E-state index in [4.69, 9.17) is 27.9 Å². The lowest BCUT2D eigenvalue weighted by molar-refractivity contribution is -0.145. The molecule has 0 spiro atoms. The first-order valence-corrected chi connectivity index (χ1v) is 7.05. The molecule has 1 fully saturated rings. The van der Waals surface area contributed by atoms with Crippen LogP contribution < -0.4 is 5.32 Å². The summed E-state index contributed by atoms with van der Waals surface area (Å²) >= 11 is 11.8. The number of carboxylic acid groups (broad SMARTS) is 1. The first kappa shape index (κ1) is 14.4. The average molecular weight is 328 g/mol. The largest absolute Gasteiger partial charge is 0.481 e. The monoisotopic (exact) mass is 327 g/mol. The van der Waals surface area contributed by atoms with Gasteiger partial charge in [-0.15, -0.1) is 0 Å². The Balaban J connectivity index is 1.82. The number of halogens is 2. The third kappa shape index (κ3) is 2.52.